The summed E-state index contributed by atoms with van der Waals surface area (Å²) >= 11 is 11.9. The first-order valence-electron chi connectivity index (χ1n) is 10.0. The fraction of sp³-hybridized carbons (Fsp3) is 0.200. The first-order valence-corrected chi connectivity index (χ1v) is 10.8. The number of rotatable bonds is 6. The van der Waals surface area contributed by atoms with Gasteiger partial charge in [-0.15, -0.1) is 0 Å². The number of anilines is 1. The highest BCUT2D eigenvalue weighted by Gasteiger charge is 2.18. The summed E-state index contributed by atoms with van der Waals surface area (Å²) in [6.07, 6.45) is 0. The Morgan fingerprint density at radius 2 is 1.81 bits per heavy atom. The molecule has 1 atom stereocenters. The zero-order valence-corrected chi connectivity index (χ0v) is 19.3. The molecular formula is C25H25ClN2O2S. The molecule has 160 valence electrons. The summed E-state index contributed by atoms with van der Waals surface area (Å²) < 4.78 is 5.02. The van der Waals surface area contributed by atoms with Gasteiger partial charge in [0.2, 0.25) is 0 Å². The van der Waals surface area contributed by atoms with Crippen molar-refractivity contribution in [3.8, 4) is 0 Å². The van der Waals surface area contributed by atoms with Crippen LogP contribution in [0.4, 0.5) is 5.69 Å². The largest absolute Gasteiger partial charge is 0.462 e. The van der Waals surface area contributed by atoms with E-state index in [1.54, 1.807) is 25.1 Å². The number of hydrogen-bond donors (Lipinski definition) is 2. The highest BCUT2D eigenvalue weighted by molar-refractivity contribution is 7.80. The molecule has 3 aromatic rings. The van der Waals surface area contributed by atoms with Crippen molar-refractivity contribution in [2.75, 3.05) is 11.9 Å². The van der Waals surface area contributed by atoms with Crippen LogP contribution >= 0.6 is 23.8 Å². The van der Waals surface area contributed by atoms with Gasteiger partial charge >= 0.3 is 5.97 Å². The minimum atomic E-state index is -0.446. The maximum Gasteiger partial charge on any atom is 0.339 e. The summed E-state index contributed by atoms with van der Waals surface area (Å²) in [5.41, 5.74) is 5.66. The Hall–Kier alpha value is -2.89. The van der Waals surface area contributed by atoms with E-state index < -0.39 is 5.97 Å². The zero-order chi connectivity index (χ0) is 22.4. The number of thiocarbonyl (C=S) groups is 1. The Morgan fingerprint density at radius 3 is 2.45 bits per heavy atom. The number of nitrogens with one attached hydrogen (secondary N) is 2. The van der Waals surface area contributed by atoms with E-state index in [4.69, 9.17) is 28.6 Å². The first kappa shape index (κ1) is 22.8. The van der Waals surface area contributed by atoms with Crippen LogP contribution in [-0.2, 0) is 4.74 Å². The average molecular weight is 453 g/mol. The number of aryl methyl sites for hydroxylation is 2. The smallest absolute Gasteiger partial charge is 0.339 e. The van der Waals surface area contributed by atoms with Crippen molar-refractivity contribution in [3.05, 3.63) is 99.6 Å². The summed E-state index contributed by atoms with van der Waals surface area (Å²) in [6, 6.07) is 21.5. The Labute approximate surface area is 193 Å². The van der Waals surface area contributed by atoms with Gasteiger partial charge in [-0.25, -0.2) is 4.79 Å². The van der Waals surface area contributed by atoms with Gasteiger partial charge in [-0.2, -0.15) is 0 Å². The van der Waals surface area contributed by atoms with Gasteiger partial charge < -0.3 is 15.4 Å². The van der Waals surface area contributed by atoms with Crippen LogP contribution in [0.5, 0.6) is 0 Å². The molecule has 0 aromatic heterocycles. The third-order valence-corrected chi connectivity index (χ3v) is 5.40. The van der Waals surface area contributed by atoms with Crippen LogP contribution in [0.2, 0.25) is 5.02 Å². The normalized spacial score (nSPS) is 11.5. The molecule has 0 heterocycles. The van der Waals surface area contributed by atoms with Crippen molar-refractivity contribution in [1.29, 1.82) is 0 Å². The minimum Gasteiger partial charge on any atom is -0.462 e. The van der Waals surface area contributed by atoms with E-state index in [9.17, 15) is 4.79 Å². The first-order chi connectivity index (χ1) is 14.9. The third-order valence-electron chi connectivity index (χ3n) is 4.87. The maximum absolute atomic E-state index is 11.9. The van der Waals surface area contributed by atoms with Gasteiger partial charge in [-0.3, -0.25) is 0 Å². The molecule has 0 aliphatic heterocycles. The molecule has 0 radical (unpaired) electrons. The van der Waals surface area contributed by atoms with Crippen molar-refractivity contribution >= 4 is 40.6 Å². The number of carbonyl (C=O) groups excluding carboxylic acids is 1. The lowest BCUT2D eigenvalue weighted by molar-refractivity contribution is 0.0526. The van der Waals surface area contributed by atoms with Crippen LogP contribution in [0.3, 0.4) is 0 Å². The van der Waals surface area contributed by atoms with Gasteiger partial charge in [0.25, 0.3) is 0 Å². The van der Waals surface area contributed by atoms with Crippen molar-refractivity contribution in [2.45, 2.75) is 26.8 Å². The van der Waals surface area contributed by atoms with Crippen molar-refractivity contribution in [3.63, 3.8) is 0 Å². The predicted octanol–water partition coefficient (Wildman–Crippen LogP) is 6.21. The Balaban J connectivity index is 1.81. The van der Waals surface area contributed by atoms with Crippen molar-refractivity contribution in [1.82, 2.24) is 5.32 Å². The molecule has 0 aliphatic carbocycles. The molecule has 2 N–H and O–H groups in total. The lowest BCUT2D eigenvalue weighted by Crippen LogP contribution is -2.33. The minimum absolute atomic E-state index is 0.115. The Bertz CT molecular complexity index is 1090. The number of carbonyl (C=O) groups is 1. The fourth-order valence-corrected chi connectivity index (χ4v) is 3.89. The summed E-state index contributed by atoms with van der Waals surface area (Å²) in [5.74, 6) is -0.446. The van der Waals surface area contributed by atoms with Gasteiger partial charge in [0.05, 0.1) is 23.2 Å². The molecule has 0 bridgehead atoms. The number of hydrogen-bond acceptors (Lipinski definition) is 3. The SMILES string of the molecule is CCOC(=O)c1ccc(NC(=S)N[C@H](c2ccccc2)c2ccc(C)cc2C)cc1Cl. The van der Waals surface area contributed by atoms with Crippen LogP contribution in [-0.4, -0.2) is 17.7 Å². The molecule has 6 heteroatoms. The van der Waals surface area contributed by atoms with E-state index in [2.05, 4.69) is 54.8 Å². The number of ether oxygens (including phenoxy) is 1. The second-order valence-corrected chi connectivity index (χ2v) is 8.03. The molecule has 3 rings (SSSR count). The Morgan fingerprint density at radius 1 is 1.06 bits per heavy atom. The molecule has 0 spiro atoms. The second kappa shape index (κ2) is 10.4. The lowest BCUT2D eigenvalue weighted by Gasteiger charge is -2.24. The van der Waals surface area contributed by atoms with Crippen LogP contribution in [0, 0.1) is 13.8 Å². The monoisotopic (exact) mass is 452 g/mol. The second-order valence-electron chi connectivity index (χ2n) is 7.22. The van der Waals surface area contributed by atoms with E-state index in [-0.39, 0.29) is 6.04 Å². The molecular weight excluding hydrogens is 428 g/mol. The van der Waals surface area contributed by atoms with Crippen molar-refractivity contribution < 1.29 is 9.53 Å². The third kappa shape index (κ3) is 5.84. The molecule has 0 unspecified atom stereocenters. The predicted molar refractivity (Wildman–Crippen MR) is 131 cm³/mol. The number of benzene rings is 3. The molecule has 0 fully saturated rings. The molecule has 4 nitrogen and oxygen atoms in total. The van der Waals surface area contributed by atoms with E-state index in [0.29, 0.717) is 28.0 Å². The van der Waals surface area contributed by atoms with E-state index in [1.807, 2.05) is 18.2 Å². The topological polar surface area (TPSA) is 50.4 Å². The standard InChI is InChI=1S/C25H25ClN2O2S/c1-4-30-24(29)21-13-11-19(15-22(21)26)27-25(31)28-23(18-8-6-5-7-9-18)20-12-10-16(2)14-17(20)3/h5-15,23H,4H2,1-3H3,(H2,27,28,31)/t23-/m1/s1. The van der Waals surface area contributed by atoms with Crippen LogP contribution in [0.15, 0.2) is 66.7 Å². The number of esters is 1. The highest BCUT2D eigenvalue weighted by atomic mass is 35.5. The molecule has 0 saturated heterocycles. The van der Waals surface area contributed by atoms with Gasteiger partial charge in [0.15, 0.2) is 5.11 Å². The fourth-order valence-electron chi connectivity index (χ4n) is 3.40. The molecule has 3 aromatic carbocycles. The van der Waals surface area contributed by atoms with Gasteiger partial charge in [-0.05, 0) is 67.9 Å². The summed E-state index contributed by atoms with van der Waals surface area (Å²) in [4.78, 5) is 11.9. The Kier molecular flexibility index (Phi) is 7.66. The van der Waals surface area contributed by atoms with Gasteiger partial charge in [0, 0.05) is 5.69 Å². The summed E-state index contributed by atoms with van der Waals surface area (Å²) in [5, 5.41) is 7.34. The van der Waals surface area contributed by atoms with E-state index >= 15 is 0 Å². The quantitative estimate of drug-likeness (QED) is 0.344. The zero-order valence-electron chi connectivity index (χ0n) is 17.7. The van der Waals surface area contributed by atoms with Crippen molar-refractivity contribution in [2.24, 2.45) is 0 Å². The molecule has 0 amide bonds. The van der Waals surface area contributed by atoms with E-state index in [1.165, 1.54) is 11.1 Å². The average Bonchev–Trinajstić information content (AvgIpc) is 2.73. The van der Waals surface area contributed by atoms with Crippen LogP contribution < -0.4 is 10.6 Å². The maximum atomic E-state index is 11.9. The summed E-state index contributed by atoms with van der Waals surface area (Å²) in [6.45, 7) is 6.23. The molecule has 0 aliphatic rings. The number of halogens is 1. The molecule has 0 saturated carbocycles. The van der Waals surface area contributed by atoms with Crippen LogP contribution in [0.1, 0.15) is 45.6 Å². The highest BCUT2D eigenvalue weighted by Crippen LogP contribution is 2.26. The molecule has 31 heavy (non-hydrogen) atoms. The van der Waals surface area contributed by atoms with Gasteiger partial charge in [0.1, 0.15) is 0 Å². The summed E-state index contributed by atoms with van der Waals surface area (Å²) in [7, 11) is 0. The van der Waals surface area contributed by atoms with E-state index in [0.717, 1.165) is 11.1 Å². The van der Waals surface area contributed by atoms with Crippen LogP contribution in [0.25, 0.3) is 0 Å². The van der Waals surface area contributed by atoms with Gasteiger partial charge in [-0.1, -0.05) is 65.7 Å². The lowest BCUT2D eigenvalue weighted by atomic mass is 9.94.